The molecule has 0 N–H and O–H groups in total. The summed E-state index contributed by atoms with van der Waals surface area (Å²) in [5.41, 5.74) is 4.76. The minimum absolute atomic E-state index is 0.321. The number of hydrogen-bond donors (Lipinski definition) is 0. The Kier molecular flexibility index (Phi) is 4.31. The van der Waals surface area contributed by atoms with Gasteiger partial charge in [-0.25, -0.2) is 13.3 Å². The molecule has 0 fully saturated rings. The Labute approximate surface area is 189 Å². The fraction of sp³-hybridized carbons (Fsp3) is 0.0690. The van der Waals surface area contributed by atoms with E-state index in [4.69, 9.17) is 4.42 Å². The molecular weight excluding hydrogens is 416 g/mol. The first-order valence-electron chi connectivity index (χ1n) is 10.8. The highest BCUT2D eigenvalue weighted by Crippen LogP contribution is 2.42. The number of nitrogens with zero attached hydrogens (tertiary/aromatic N) is 1. The van der Waals surface area contributed by atoms with Gasteiger partial charge in [0.05, 0.1) is 11.1 Å². The summed E-state index contributed by atoms with van der Waals surface area (Å²) >= 11 is 0. The summed E-state index contributed by atoms with van der Waals surface area (Å²) in [6.07, 6.45) is 1.69. The molecule has 6 rings (SSSR count). The number of rotatable bonds is 2. The third-order valence-electron chi connectivity index (χ3n) is 6.37. The van der Waals surface area contributed by atoms with Crippen LogP contribution in [-0.4, -0.2) is 0 Å². The molecule has 4 aromatic carbocycles. The van der Waals surface area contributed by atoms with Gasteiger partial charge in [0, 0.05) is 22.9 Å². The Morgan fingerprint density at radius 3 is 2.27 bits per heavy atom. The first kappa shape index (κ1) is 19.6. The van der Waals surface area contributed by atoms with E-state index in [0.29, 0.717) is 22.4 Å². The normalized spacial score (nSPS) is 11.6. The lowest BCUT2D eigenvalue weighted by molar-refractivity contribution is -0.660. The van der Waals surface area contributed by atoms with Crippen LogP contribution in [0.5, 0.6) is 0 Å². The summed E-state index contributed by atoms with van der Waals surface area (Å²) in [6.45, 7) is 1.97. The highest BCUT2D eigenvalue weighted by Gasteiger charge is 2.23. The number of hydrogen-bond acceptors (Lipinski definition) is 1. The molecule has 0 aliphatic rings. The van der Waals surface area contributed by atoms with Gasteiger partial charge in [0.1, 0.15) is 29.8 Å². The Bertz CT molecular complexity index is 1710. The zero-order valence-corrected chi connectivity index (χ0v) is 18.2. The quantitative estimate of drug-likeness (QED) is 0.257. The molecule has 0 spiro atoms. The summed E-state index contributed by atoms with van der Waals surface area (Å²) in [7, 11) is 1.87. The molecule has 160 valence electrons. The second kappa shape index (κ2) is 7.24. The topological polar surface area (TPSA) is 17.0 Å². The Morgan fingerprint density at radius 1 is 0.727 bits per heavy atom. The molecule has 0 saturated carbocycles. The lowest BCUT2D eigenvalue weighted by Crippen LogP contribution is -2.30. The van der Waals surface area contributed by atoms with Gasteiger partial charge in [0.25, 0.3) is 0 Å². The molecular formula is C29H20F2NO+. The molecule has 2 aromatic heterocycles. The van der Waals surface area contributed by atoms with Crippen LogP contribution >= 0.6 is 0 Å². The largest absolute Gasteiger partial charge is 0.454 e. The van der Waals surface area contributed by atoms with Crippen molar-refractivity contribution in [2.45, 2.75) is 6.92 Å². The van der Waals surface area contributed by atoms with E-state index in [2.05, 4.69) is 0 Å². The fourth-order valence-corrected chi connectivity index (χ4v) is 4.70. The van der Waals surface area contributed by atoms with E-state index in [1.54, 1.807) is 12.3 Å². The van der Waals surface area contributed by atoms with Gasteiger partial charge >= 0.3 is 0 Å². The molecule has 0 aliphatic carbocycles. The maximum absolute atomic E-state index is 15.2. The van der Waals surface area contributed by atoms with Gasteiger partial charge in [-0.3, -0.25) is 0 Å². The SMILES string of the molecule is Cc1ccc2c(oc3c(-c4ccc5ccccc5c4)c(F)ccc32)c1-c1cc(F)cc[n+]1C. The van der Waals surface area contributed by atoms with Crippen LogP contribution in [0.2, 0.25) is 0 Å². The Hall–Kier alpha value is -4.05. The van der Waals surface area contributed by atoms with Crippen LogP contribution in [0.1, 0.15) is 5.56 Å². The van der Waals surface area contributed by atoms with Crippen molar-refractivity contribution in [3.05, 3.63) is 102 Å². The average Bonchev–Trinajstić information content (AvgIpc) is 3.18. The Morgan fingerprint density at radius 2 is 1.45 bits per heavy atom. The van der Waals surface area contributed by atoms with E-state index in [0.717, 1.165) is 38.2 Å². The van der Waals surface area contributed by atoms with Crippen LogP contribution in [0, 0.1) is 18.6 Å². The summed E-state index contributed by atoms with van der Waals surface area (Å²) in [4.78, 5) is 0. The van der Waals surface area contributed by atoms with Crippen molar-refractivity contribution in [2.24, 2.45) is 7.05 Å². The Balaban J connectivity index is 1.70. The second-order valence-electron chi connectivity index (χ2n) is 8.44. The molecule has 0 bridgehead atoms. The molecule has 0 atom stereocenters. The van der Waals surface area contributed by atoms with Crippen LogP contribution < -0.4 is 4.57 Å². The van der Waals surface area contributed by atoms with Crippen LogP contribution in [0.25, 0.3) is 55.1 Å². The molecule has 2 nitrogen and oxygen atoms in total. The highest BCUT2D eigenvalue weighted by molar-refractivity contribution is 6.13. The number of aromatic nitrogens is 1. The van der Waals surface area contributed by atoms with Crippen molar-refractivity contribution in [1.82, 2.24) is 0 Å². The molecule has 0 radical (unpaired) electrons. The number of pyridine rings is 1. The highest BCUT2D eigenvalue weighted by atomic mass is 19.1. The van der Waals surface area contributed by atoms with E-state index in [1.165, 1.54) is 18.2 Å². The van der Waals surface area contributed by atoms with E-state index >= 15 is 4.39 Å². The monoisotopic (exact) mass is 436 g/mol. The smallest absolute Gasteiger partial charge is 0.219 e. The van der Waals surface area contributed by atoms with Gasteiger partial charge in [-0.1, -0.05) is 48.5 Å². The predicted molar refractivity (Wildman–Crippen MR) is 128 cm³/mol. The van der Waals surface area contributed by atoms with Crippen LogP contribution in [0.3, 0.4) is 0 Å². The zero-order valence-electron chi connectivity index (χ0n) is 18.2. The number of benzene rings is 4. The lowest BCUT2D eigenvalue weighted by Gasteiger charge is -2.06. The predicted octanol–water partition coefficient (Wildman–Crippen LogP) is 7.48. The standard InChI is InChI=1S/C29H20F2NO/c1-17-7-10-22-23-11-12-24(31)27(20-9-8-18-5-3-4-6-19(18)15-20)29(23)33-28(22)26(17)25-16-21(30)13-14-32(25)2/h3-16H,1-2H3/q+1. The molecule has 0 unspecified atom stereocenters. The van der Waals surface area contributed by atoms with Crippen LogP contribution in [-0.2, 0) is 7.05 Å². The number of furan rings is 1. The van der Waals surface area contributed by atoms with Crippen molar-refractivity contribution in [3.63, 3.8) is 0 Å². The maximum atomic E-state index is 15.2. The van der Waals surface area contributed by atoms with Crippen LogP contribution in [0.4, 0.5) is 8.78 Å². The minimum Gasteiger partial charge on any atom is -0.454 e. The van der Waals surface area contributed by atoms with E-state index in [9.17, 15) is 4.39 Å². The summed E-state index contributed by atoms with van der Waals surface area (Å²) < 4.78 is 37.7. The summed E-state index contributed by atoms with van der Waals surface area (Å²) in [6, 6.07) is 24.1. The van der Waals surface area contributed by atoms with Crippen molar-refractivity contribution < 1.29 is 17.8 Å². The summed E-state index contributed by atoms with van der Waals surface area (Å²) in [5, 5.41) is 3.83. The first-order chi connectivity index (χ1) is 16.0. The molecule has 0 aliphatic heterocycles. The van der Waals surface area contributed by atoms with E-state index < -0.39 is 0 Å². The third-order valence-corrected chi connectivity index (χ3v) is 6.37. The number of aryl methyl sites for hydroxylation is 2. The van der Waals surface area contributed by atoms with E-state index in [1.807, 2.05) is 73.1 Å². The number of halogens is 2. The van der Waals surface area contributed by atoms with Gasteiger partial charge < -0.3 is 4.42 Å². The van der Waals surface area contributed by atoms with Gasteiger partial charge in [-0.05, 0) is 47.0 Å². The third kappa shape index (κ3) is 3.02. The first-order valence-corrected chi connectivity index (χ1v) is 10.8. The molecule has 0 saturated heterocycles. The maximum Gasteiger partial charge on any atom is 0.219 e. The molecule has 0 amide bonds. The molecule has 4 heteroatoms. The van der Waals surface area contributed by atoms with Gasteiger partial charge in [0.2, 0.25) is 5.69 Å². The van der Waals surface area contributed by atoms with Crippen LogP contribution in [0.15, 0.2) is 89.5 Å². The zero-order chi connectivity index (χ0) is 22.7. The lowest BCUT2D eigenvalue weighted by atomic mass is 9.97. The molecule has 33 heavy (non-hydrogen) atoms. The van der Waals surface area contributed by atoms with Crippen molar-refractivity contribution >= 4 is 32.7 Å². The summed E-state index contributed by atoms with van der Waals surface area (Å²) in [5.74, 6) is -0.662. The van der Waals surface area contributed by atoms with Gasteiger partial charge in [0.15, 0.2) is 6.20 Å². The van der Waals surface area contributed by atoms with Crippen molar-refractivity contribution in [1.29, 1.82) is 0 Å². The van der Waals surface area contributed by atoms with Crippen molar-refractivity contribution in [2.75, 3.05) is 0 Å². The van der Waals surface area contributed by atoms with Gasteiger partial charge in [-0.2, -0.15) is 0 Å². The average molecular weight is 436 g/mol. The molecule has 6 aromatic rings. The van der Waals surface area contributed by atoms with Gasteiger partial charge in [-0.15, -0.1) is 0 Å². The second-order valence-corrected chi connectivity index (χ2v) is 8.44. The fourth-order valence-electron chi connectivity index (χ4n) is 4.70. The molecule has 2 heterocycles. The van der Waals surface area contributed by atoms with Crippen molar-refractivity contribution in [3.8, 4) is 22.4 Å². The van der Waals surface area contributed by atoms with E-state index in [-0.39, 0.29) is 11.6 Å². The minimum atomic E-state index is -0.341. The number of fused-ring (bicyclic) bond motifs is 4.